The smallest absolute Gasteiger partial charge is 0.186 e. The number of hydrogen-bond donors (Lipinski definition) is 5. The molecule has 0 aromatic carbocycles. The van der Waals surface area contributed by atoms with Gasteiger partial charge in [-0.15, -0.1) is 0 Å². The fourth-order valence-corrected chi connectivity index (χ4v) is 1.49. The van der Waals surface area contributed by atoms with Crippen LogP contribution in [0.4, 0.5) is 0 Å². The molecule has 16 heavy (non-hydrogen) atoms. The van der Waals surface area contributed by atoms with Crippen molar-refractivity contribution < 1.29 is 29.9 Å². The molecular formula is C9H19NO6. The summed E-state index contributed by atoms with van der Waals surface area (Å²) in [5.41, 5.74) is 5.27. The highest BCUT2D eigenvalue weighted by atomic mass is 16.7. The Bertz CT molecular complexity index is 202. The van der Waals surface area contributed by atoms with Crippen LogP contribution >= 0.6 is 0 Å². The molecule has 0 bridgehead atoms. The molecule has 1 aliphatic heterocycles. The predicted molar refractivity (Wildman–Crippen MR) is 53.4 cm³/mol. The number of ether oxygens (including phenoxy) is 2. The van der Waals surface area contributed by atoms with Crippen molar-refractivity contribution >= 4 is 0 Å². The summed E-state index contributed by atoms with van der Waals surface area (Å²) < 4.78 is 10.3. The molecule has 0 radical (unpaired) electrons. The van der Waals surface area contributed by atoms with Crippen molar-refractivity contribution in [3.63, 3.8) is 0 Å². The van der Waals surface area contributed by atoms with Crippen molar-refractivity contribution in [1.82, 2.24) is 0 Å². The lowest BCUT2D eigenvalue weighted by Crippen LogP contribution is -2.59. The zero-order chi connectivity index (χ0) is 12.1. The summed E-state index contributed by atoms with van der Waals surface area (Å²) in [6.07, 6.45) is -5.48. The first kappa shape index (κ1) is 13.8. The molecule has 1 heterocycles. The van der Waals surface area contributed by atoms with Crippen molar-refractivity contribution in [1.29, 1.82) is 0 Å². The Hall–Kier alpha value is -0.280. The van der Waals surface area contributed by atoms with E-state index in [0.717, 1.165) is 0 Å². The van der Waals surface area contributed by atoms with Gasteiger partial charge in [-0.25, -0.2) is 0 Å². The van der Waals surface area contributed by atoms with Gasteiger partial charge in [-0.3, -0.25) is 0 Å². The van der Waals surface area contributed by atoms with E-state index in [9.17, 15) is 15.3 Å². The molecule has 0 spiro atoms. The van der Waals surface area contributed by atoms with Crippen molar-refractivity contribution in [2.24, 2.45) is 5.73 Å². The van der Waals surface area contributed by atoms with Gasteiger partial charge in [0.1, 0.15) is 24.4 Å². The van der Waals surface area contributed by atoms with Crippen molar-refractivity contribution in [3.05, 3.63) is 0 Å². The summed E-state index contributed by atoms with van der Waals surface area (Å²) in [6, 6.07) is 0. The van der Waals surface area contributed by atoms with Gasteiger partial charge in [-0.05, 0) is 13.0 Å². The second kappa shape index (κ2) is 6.45. The van der Waals surface area contributed by atoms with Gasteiger partial charge in [-0.2, -0.15) is 0 Å². The molecule has 1 rings (SSSR count). The van der Waals surface area contributed by atoms with E-state index in [-0.39, 0.29) is 6.61 Å². The van der Waals surface area contributed by atoms with E-state index in [0.29, 0.717) is 13.0 Å². The highest BCUT2D eigenvalue weighted by Gasteiger charge is 2.43. The van der Waals surface area contributed by atoms with Crippen LogP contribution in [0.5, 0.6) is 0 Å². The first-order valence-corrected chi connectivity index (χ1v) is 5.24. The van der Waals surface area contributed by atoms with E-state index in [4.69, 9.17) is 20.3 Å². The third-order valence-electron chi connectivity index (χ3n) is 2.48. The first-order chi connectivity index (χ1) is 7.61. The maximum atomic E-state index is 9.55. The predicted octanol–water partition coefficient (Wildman–Crippen LogP) is -2.85. The maximum Gasteiger partial charge on any atom is 0.186 e. The molecular weight excluding hydrogens is 218 g/mol. The third-order valence-corrected chi connectivity index (χ3v) is 2.48. The molecule has 96 valence electrons. The zero-order valence-electron chi connectivity index (χ0n) is 8.90. The van der Waals surface area contributed by atoms with Crippen molar-refractivity contribution in [2.45, 2.75) is 37.1 Å². The molecule has 5 atom stereocenters. The maximum absolute atomic E-state index is 9.55. The van der Waals surface area contributed by atoms with Crippen LogP contribution < -0.4 is 5.73 Å². The molecule has 0 aromatic heterocycles. The van der Waals surface area contributed by atoms with E-state index in [1.54, 1.807) is 0 Å². The Balaban J connectivity index is 2.50. The Morgan fingerprint density at radius 1 is 1.12 bits per heavy atom. The zero-order valence-corrected chi connectivity index (χ0v) is 8.90. The number of nitrogens with two attached hydrogens (primary N) is 1. The van der Waals surface area contributed by atoms with Crippen LogP contribution in [0.2, 0.25) is 0 Å². The lowest BCUT2D eigenvalue weighted by Gasteiger charge is -2.39. The number of hydrogen-bond acceptors (Lipinski definition) is 7. The standard InChI is InChI=1S/C9H19NO6/c10-2-1-3-15-9-8(14)7(13)6(12)5(4-11)16-9/h5-9,11-14H,1-4,10H2/t5?,6-,7-,8?,9+/m0/s1. The first-order valence-electron chi connectivity index (χ1n) is 5.24. The minimum Gasteiger partial charge on any atom is -0.394 e. The van der Waals surface area contributed by atoms with Gasteiger partial charge in [0.15, 0.2) is 6.29 Å². The van der Waals surface area contributed by atoms with Crippen molar-refractivity contribution in [2.75, 3.05) is 19.8 Å². The fourth-order valence-electron chi connectivity index (χ4n) is 1.49. The lowest BCUT2D eigenvalue weighted by atomic mass is 9.99. The van der Waals surface area contributed by atoms with Gasteiger partial charge >= 0.3 is 0 Å². The molecule has 6 N–H and O–H groups in total. The Kier molecular flexibility index (Phi) is 5.56. The SMILES string of the molecule is NCCCO[C@@H]1OC(CO)[C@H](O)[C@H](O)C1O. The molecule has 0 aromatic rings. The van der Waals surface area contributed by atoms with Crippen LogP contribution in [-0.4, -0.2) is 70.9 Å². The highest BCUT2D eigenvalue weighted by Crippen LogP contribution is 2.21. The summed E-state index contributed by atoms with van der Waals surface area (Å²) in [5, 5.41) is 37.4. The minimum atomic E-state index is -1.39. The van der Waals surface area contributed by atoms with Crippen LogP contribution in [0.15, 0.2) is 0 Å². The summed E-state index contributed by atoms with van der Waals surface area (Å²) >= 11 is 0. The highest BCUT2D eigenvalue weighted by molar-refractivity contribution is 4.88. The summed E-state index contributed by atoms with van der Waals surface area (Å²) in [7, 11) is 0. The normalized spacial score (nSPS) is 39.9. The van der Waals surface area contributed by atoms with Crippen molar-refractivity contribution in [3.8, 4) is 0 Å². The van der Waals surface area contributed by atoms with E-state index < -0.39 is 37.3 Å². The van der Waals surface area contributed by atoms with Gasteiger partial charge in [0.2, 0.25) is 0 Å². The number of rotatable bonds is 5. The van der Waals surface area contributed by atoms with E-state index in [1.165, 1.54) is 0 Å². The average Bonchev–Trinajstić information content (AvgIpc) is 2.29. The van der Waals surface area contributed by atoms with Gasteiger partial charge in [0.05, 0.1) is 13.2 Å². The van der Waals surface area contributed by atoms with E-state index >= 15 is 0 Å². The Morgan fingerprint density at radius 3 is 2.38 bits per heavy atom. The van der Waals surface area contributed by atoms with E-state index in [1.807, 2.05) is 0 Å². The van der Waals surface area contributed by atoms with E-state index in [2.05, 4.69) is 0 Å². The second-order valence-electron chi connectivity index (χ2n) is 3.71. The van der Waals surface area contributed by atoms with Gasteiger partial charge in [-0.1, -0.05) is 0 Å². The van der Waals surface area contributed by atoms with Crippen LogP contribution in [0.1, 0.15) is 6.42 Å². The van der Waals surface area contributed by atoms with Crippen LogP contribution in [0.25, 0.3) is 0 Å². The average molecular weight is 237 g/mol. The number of aliphatic hydroxyl groups excluding tert-OH is 4. The fraction of sp³-hybridized carbons (Fsp3) is 1.00. The molecule has 7 heteroatoms. The summed E-state index contributed by atoms with van der Waals surface area (Å²) in [4.78, 5) is 0. The van der Waals surface area contributed by atoms with Crippen LogP contribution in [0.3, 0.4) is 0 Å². The molecule has 0 amide bonds. The molecule has 1 aliphatic rings. The molecule has 1 saturated heterocycles. The third kappa shape index (κ3) is 3.11. The molecule has 2 unspecified atom stereocenters. The quantitative estimate of drug-likeness (QED) is 0.326. The minimum absolute atomic E-state index is 0.277. The summed E-state index contributed by atoms with van der Waals surface area (Å²) in [5.74, 6) is 0. The monoisotopic (exact) mass is 237 g/mol. The van der Waals surface area contributed by atoms with Gasteiger partial charge < -0.3 is 35.6 Å². The van der Waals surface area contributed by atoms with Crippen LogP contribution in [-0.2, 0) is 9.47 Å². The largest absolute Gasteiger partial charge is 0.394 e. The molecule has 0 saturated carbocycles. The molecule has 1 fully saturated rings. The van der Waals surface area contributed by atoms with Gasteiger partial charge in [0.25, 0.3) is 0 Å². The number of aliphatic hydroxyl groups is 4. The van der Waals surface area contributed by atoms with Gasteiger partial charge in [0, 0.05) is 0 Å². The summed E-state index contributed by atoms with van der Waals surface area (Å²) in [6.45, 7) is 0.262. The van der Waals surface area contributed by atoms with Crippen LogP contribution in [0, 0.1) is 0 Å². The Morgan fingerprint density at radius 2 is 1.81 bits per heavy atom. The Labute approximate surface area is 93.4 Å². The lowest BCUT2D eigenvalue weighted by molar-refractivity contribution is -0.301. The molecule has 0 aliphatic carbocycles. The molecule has 7 nitrogen and oxygen atoms in total. The topological polar surface area (TPSA) is 125 Å². The second-order valence-corrected chi connectivity index (χ2v) is 3.71.